The van der Waals surface area contributed by atoms with Gasteiger partial charge in [0.25, 0.3) is 0 Å². The summed E-state index contributed by atoms with van der Waals surface area (Å²) in [6.45, 7) is 6.36. The average molecular weight is 466 g/mol. The number of benzene rings is 2. The Hall–Kier alpha value is -3.48. The van der Waals surface area contributed by atoms with Crippen molar-refractivity contribution < 1.29 is 23.4 Å². The van der Waals surface area contributed by atoms with E-state index in [0.29, 0.717) is 46.6 Å². The highest BCUT2D eigenvalue weighted by molar-refractivity contribution is 5.93. The fourth-order valence-corrected chi connectivity index (χ4v) is 4.41. The van der Waals surface area contributed by atoms with Gasteiger partial charge in [0.1, 0.15) is 28.4 Å². The normalized spacial score (nSPS) is 14.3. The number of amides is 1. The van der Waals surface area contributed by atoms with E-state index >= 15 is 0 Å². The molecule has 2 heterocycles. The number of hydrogen-bond acceptors (Lipinski definition) is 6. The number of rotatable bonds is 7. The number of fused-ring (bicyclic) bond motifs is 3. The van der Waals surface area contributed by atoms with Gasteiger partial charge in [-0.05, 0) is 63.3 Å². The van der Waals surface area contributed by atoms with Crippen molar-refractivity contribution in [1.82, 2.24) is 5.32 Å². The van der Waals surface area contributed by atoms with Crippen LogP contribution < -0.4 is 25.2 Å². The zero-order valence-electron chi connectivity index (χ0n) is 20.4. The first kappa shape index (κ1) is 23.7. The molecule has 180 valence electrons. The molecule has 4 rings (SSSR count). The number of carbonyl (C=O) groups is 1. The second-order valence-electron chi connectivity index (χ2n) is 9.24. The van der Waals surface area contributed by atoms with Crippen molar-refractivity contribution in [2.24, 2.45) is 0 Å². The molecule has 0 spiro atoms. The molecule has 1 aromatic heterocycles. The van der Waals surface area contributed by atoms with Crippen molar-refractivity contribution in [1.29, 1.82) is 0 Å². The molecule has 7 heteroatoms. The van der Waals surface area contributed by atoms with Crippen LogP contribution in [0.25, 0.3) is 11.0 Å². The number of carbonyl (C=O) groups excluding carboxylic acids is 1. The molecule has 1 N–H and O–H groups in total. The van der Waals surface area contributed by atoms with Crippen LogP contribution in [0, 0.1) is 6.92 Å². The van der Waals surface area contributed by atoms with Crippen LogP contribution in [0.15, 0.2) is 39.5 Å². The molecular formula is C27H31NO6. The number of hydrogen-bond donors (Lipinski definition) is 1. The maximum Gasteiger partial charge on any atom is 0.340 e. The predicted octanol–water partition coefficient (Wildman–Crippen LogP) is 4.12. The van der Waals surface area contributed by atoms with E-state index in [1.54, 1.807) is 14.2 Å². The van der Waals surface area contributed by atoms with Crippen LogP contribution in [0.2, 0.25) is 0 Å². The summed E-state index contributed by atoms with van der Waals surface area (Å²) in [6, 6.07) is 9.55. The van der Waals surface area contributed by atoms with E-state index in [-0.39, 0.29) is 17.9 Å². The highest BCUT2D eigenvalue weighted by atomic mass is 16.5. The van der Waals surface area contributed by atoms with Gasteiger partial charge in [0, 0.05) is 18.2 Å². The van der Waals surface area contributed by atoms with E-state index < -0.39 is 5.63 Å². The summed E-state index contributed by atoms with van der Waals surface area (Å²) in [7, 11) is 3.20. The Balaban J connectivity index is 1.55. The first-order valence-corrected chi connectivity index (χ1v) is 11.5. The van der Waals surface area contributed by atoms with Gasteiger partial charge in [0.15, 0.2) is 0 Å². The van der Waals surface area contributed by atoms with Gasteiger partial charge in [-0.15, -0.1) is 0 Å². The first-order valence-electron chi connectivity index (χ1n) is 11.5. The molecule has 0 unspecified atom stereocenters. The molecule has 0 bridgehead atoms. The van der Waals surface area contributed by atoms with Crippen LogP contribution in [0.4, 0.5) is 0 Å². The summed E-state index contributed by atoms with van der Waals surface area (Å²) in [5, 5.41) is 3.61. The van der Waals surface area contributed by atoms with Crippen molar-refractivity contribution in [3.63, 3.8) is 0 Å². The zero-order valence-corrected chi connectivity index (χ0v) is 20.4. The summed E-state index contributed by atoms with van der Waals surface area (Å²) in [5.74, 6) is 1.80. The van der Waals surface area contributed by atoms with Gasteiger partial charge in [-0.2, -0.15) is 0 Å². The Morgan fingerprint density at radius 3 is 2.56 bits per heavy atom. The fourth-order valence-electron chi connectivity index (χ4n) is 4.41. The Bertz CT molecular complexity index is 1270. The molecule has 34 heavy (non-hydrogen) atoms. The van der Waals surface area contributed by atoms with Gasteiger partial charge in [0.2, 0.25) is 5.91 Å². The van der Waals surface area contributed by atoms with Crippen molar-refractivity contribution in [3.8, 4) is 17.2 Å². The van der Waals surface area contributed by atoms with E-state index in [1.807, 2.05) is 51.1 Å². The maximum atomic E-state index is 12.9. The molecule has 1 aliphatic rings. The lowest BCUT2D eigenvalue weighted by molar-refractivity contribution is -0.120. The number of methoxy groups -OCH3 is 2. The minimum atomic E-state index is -0.504. The minimum absolute atomic E-state index is 0.0590. The van der Waals surface area contributed by atoms with Crippen LogP contribution >= 0.6 is 0 Å². The average Bonchev–Trinajstić information content (AvgIpc) is 2.80. The lowest BCUT2D eigenvalue weighted by Gasteiger charge is -2.33. The van der Waals surface area contributed by atoms with E-state index in [4.69, 9.17) is 18.6 Å². The fraction of sp³-hybridized carbons (Fsp3) is 0.407. The van der Waals surface area contributed by atoms with Crippen LogP contribution in [0.1, 0.15) is 42.5 Å². The zero-order chi connectivity index (χ0) is 24.5. The smallest absolute Gasteiger partial charge is 0.340 e. The summed E-state index contributed by atoms with van der Waals surface area (Å²) < 4.78 is 22.7. The monoisotopic (exact) mass is 465 g/mol. The molecule has 2 aromatic carbocycles. The number of aryl methyl sites for hydroxylation is 2. The molecule has 0 aliphatic carbocycles. The lowest BCUT2D eigenvalue weighted by Crippen LogP contribution is -2.33. The third-order valence-electron chi connectivity index (χ3n) is 6.39. The van der Waals surface area contributed by atoms with Gasteiger partial charge in [0.05, 0.1) is 31.6 Å². The Labute approximate surface area is 199 Å². The molecule has 0 saturated carbocycles. The molecule has 3 aromatic rings. The van der Waals surface area contributed by atoms with Crippen molar-refractivity contribution in [3.05, 3.63) is 63.0 Å². The maximum absolute atomic E-state index is 12.9. The van der Waals surface area contributed by atoms with Gasteiger partial charge >= 0.3 is 5.63 Å². The summed E-state index contributed by atoms with van der Waals surface area (Å²) in [6.07, 6.45) is 2.16. The third kappa shape index (κ3) is 4.74. The minimum Gasteiger partial charge on any atom is -0.497 e. The van der Waals surface area contributed by atoms with E-state index in [2.05, 4.69) is 5.32 Å². The van der Waals surface area contributed by atoms with Crippen molar-refractivity contribution >= 4 is 16.9 Å². The highest BCUT2D eigenvalue weighted by Gasteiger charge is 2.31. The standard InChI is InChI=1S/C27H31NO6/c1-16-20(14-23(29)28-13-11-17-6-8-18(31-4)9-7-17)26(30)33-25-19-10-12-27(2,3)34-21(19)15-22(32-5)24(16)25/h6-9,15H,10-14H2,1-5H3,(H,28,29). The van der Waals surface area contributed by atoms with Crippen LogP contribution in [0.3, 0.4) is 0 Å². The Kier molecular flexibility index (Phi) is 6.55. The van der Waals surface area contributed by atoms with Crippen molar-refractivity contribution in [2.45, 2.75) is 52.1 Å². The second kappa shape index (κ2) is 9.41. The van der Waals surface area contributed by atoms with Gasteiger partial charge in [-0.1, -0.05) is 12.1 Å². The highest BCUT2D eigenvalue weighted by Crippen LogP contribution is 2.43. The summed E-state index contributed by atoms with van der Waals surface area (Å²) in [5.41, 5.74) is 2.66. The Morgan fingerprint density at radius 2 is 1.88 bits per heavy atom. The molecule has 0 saturated heterocycles. The van der Waals surface area contributed by atoms with Crippen molar-refractivity contribution in [2.75, 3.05) is 20.8 Å². The first-order chi connectivity index (χ1) is 16.2. The molecular weight excluding hydrogens is 434 g/mol. The van der Waals surface area contributed by atoms with Gasteiger partial charge < -0.3 is 23.9 Å². The molecule has 1 amide bonds. The Morgan fingerprint density at radius 1 is 1.15 bits per heavy atom. The van der Waals surface area contributed by atoms with Gasteiger partial charge in [-0.25, -0.2) is 4.79 Å². The summed E-state index contributed by atoms with van der Waals surface area (Å²) >= 11 is 0. The molecule has 0 radical (unpaired) electrons. The predicted molar refractivity (Wildman–Crippen MR) is 130 cm³/mol. The topological polar surface area (TPSA) is 87.0 Å². The summed E-state index contributed by atoms with van der Waals surface area (Å²) in [4.78, 5) is 25.6. The molecule has 0 atom stereocenters. The lowest BCUT2D eigenvalue weighted by atomic mass is 9.91. The molecule has 0 fully saturated rings. The van der Waals surface area contributed by atoms with E-state index in [0.717, 1.165) is 29.7 Å². The molecule has 7 nitrogen and oxygen atoms in total. The van der Waals surface area contributed by atoms with Crippen LogP contribution in [-0.4, -0.2) is 32.3 Å². The number of ether oxygens (including phenoxy) is 3. The quantitative estimate of drug-likeness (QED) is 0.528. The van der Waals surface area contributed by atoms with E-state index in [1.165, 1.54) is 0 Å². The van der Waals surface area contributed by atoms with Gasteiger partial charge in [-0.3, -0.25) is 4.79 Å². The van der Waals surface area contributed by atoms with Crippen LogP contribution in [-0.2, 0) is 24.1 Å². The third-order valence-corrected chi connectivity index (χ3v) is 6.39. The van der Waals surface area contributed by atoms with Crippen LogP contribution in [0.5, 0.6) is 17.2 Å². The van der Waals surface area contributed by atoms with E-state index in [9.17, 15) is 9.59 Å². The number of nitrogens with one attached hydrogen (secondary N) is 1. The molecule has 1 aliphatic heterocycles. The largest absolute Gasteiger partial charge is 0.497 e. The SMILES string of the molecule is COc1ccc(CCNC(=O)Cc2c(C)c3c(OC)cc4c(c3oc2=O)CCC(C)(C)O4)cc1. The second-order valence-corrected chi connectivity index (χ2v) is 9.24.